The summed E-state index contributed by atoms with van der Waals surface area (Å²) in [6.07, 6.45) is -0.218. The van der Waals surface area contributed by atoms with E-state index in [9.17, 15) is 0 Å². The minimum Gasteiger partial charge on any atom is -0.404 e. The van der Waals surface area contributed by atoms with Gasteiger partial charge in [-0.2, -0.15) is 5.26 Å². The first-order valence-electron chi connectivity index (χ1n) is 10.3. The van der Waals surface area contributed by atoms with Crippen LogP contribution in [0.15, 0.2) is 66.7 Å². The second kappa shape index (κ2) is 8.55. The number of nitrogens with zero attached hydrogens (tertiary/aromatic N) is 2. The molecule has 1 atom stereocenters. The van der Waals surface area contributed by atoms with Crippen molar-refractivity contribution in [3.8, 4) is 17.2 Å². The van der Waals surface area contributed by atoms with Crippen LogP contribution in [-0.4, -0.2) is 13.3 Å². The zero-order valence-electron chi connectivity index (χ0n) is 18.7. The number of benzene rings is 2. The lowest BCUT2D eigenvalue weighted by Gasteiger charge is -2.39. The van der Waals surface area contributed by atoms with Crippen LogP contribution in [-0.2, 0) is 4.43 Å². The second-order valence-corrected chi connectivity index (χ2v) is 14.0. The van der Waals surface area contributed by atoms with Gasteiger partial charge in [0.2, 0.25) is 0 Å². The predicted molar refractivity (Wildman–Crippen MR) is 126 cm³/mol. The third-order valence-electron chi connectivity index (χ3n) is 5.91. The molecule has 0 saturated heterocycles. The predicted octanol–water partition coefficient (Wildman–Crippen LogP) is 7.04. The largest absolute Gasteiger partial charge is 0.404 e. The molecule has 2 aromatic carbocycles. The molecule has 0 bridgehead atoms. The van der Waals surface area contributed by atoms with Crippen LogP contribution in [0.3, 0.4) is 0 Å². The Balaban J connectivity index is 2.09. The Hall–Kier alpha value is -2.74. The van der Waals surface area contributed by atoms with Crippen LogP contribution in [0.25, 0.3) is 11.1 Å². The average molecular weight is 415 g/mol. The third kappa shape index (κ3) is 4.87. The fourth-order valence-electron chi connectivity index (χ4n) is 3.13. The highest BCUT2D eigenvalue weighted by atomic mass is 28.4. The maximum Gasteiger partial charge on any atom is 0.193 e. The highest BCUT2D eigenvalue weighted by Crippen LogP contribution is 2.41. The number of nitriles is 1. The number of hydrogen-bond acceptors (Lipinski definition) is 3. The van der Waals surface area contributed by atoms with E-state index in [0.717, 1.165) is 28.1 Å². The molecular weight excluding hydrogens is 384 g/mol. The van der Waals surface area contributed by atoms with E-state index < -0.39 is 8.32 Å². The van der Waals surface area contributed by atoms with E-state index >= 15 is 0 Å². The zero-order valence-corrected chi connectivity index (χ0v) is 19.7. The van der Waals surface area contributed by atoms with Gasteiger partial charge >= 0.3 is 0 Å². The first-order valence-corrected chi connectivity index (χ1v) is 13.2. The summed E-state index contributed by atoms with van der Waals surface area (Å²) in [6.45, 7) is 13.3. The summed E-state index contributed by atoms with van der Waals surface area (Å²) in [5.41, 5.74) is 5.80. The molecule has 0 N–H and O–H groups in total. The highest BCUT2D eigenvalue weighted by molar-refractivity contribution is 6.74. The van der Waals surface area contributed by atoms with Crippen LogP contribution >= 0.6 is 0 Å². The Labute approximate surface area is 181 Å². The Bertz CT molecular complexity index is 1050. The maximum atomic E-state index is 9.09. The van der Waals surface area contributed by atoms with Gasteiger partial charge in [-0.25, -0.2) is 0 Å². The molecule has 0 aliphatic carbocycles. The van der Waals surface area contributed by atoms with Crippen LogP contribution in [0, 0.1) is 18.3 Å². The first kappa shape index (κ1) is 22.0. The van der Waals surface area contributed by atoms with Crippen molar-refractivity contribution in [1.29, 1.82) is 5.26 Å². The number of aromatic nitrogens is 1. The van der Waals surface area contributed by atoms with E-state index in [-0.39, 0.29) is 11.1 Å². The molecule has 3 nitrogen and oxygen atoms in total. The normalized spacial score (nSPS) is 13.0. The van der Waals surface area contributed by atoms with Gasteiger partial charge in [0.1, 0.15) is 6.10 Å². The van der Waals surface area contributed by atoms with Crippen molar-refractivity contribution >= 4 is 8.32 Å². The van der Waals surface area contributed by atoms with E-state index in [0.29, 0.717) is 5.56 Å². The van der Waals surface area contributed by atoms with Crippen molar-refractivity contribution < 1.29 is 4.43 Å². The van der Waals surface area contributed by atoms with E-state index in [1.54, 1.807) is 0 Å². The Morgan fingerprint density at radius 2 is 1.57 bits per heavy atom. The van der Waals surface area contributed by atoms with Gasteiger partial charge in [0.25, 0.3) is 0 Å². The number of pyridine rings is 1. The monoisotopic (exact) mass is 414 g/mol. The molecule has 30 heavy (non-hydrogen) atoms. The lowest BCUT2D eigenvalue weighted by atomic mass is 10.00. The van der Waals surface area contributed by atoms with Gasteiger partial charge < -0.3 is 4.43 Å². The van der Waals surface area contributed by atoms with Crippen LogP contribution in [0.2, 0.25) is 18.1 Å². The fraction of sp³-hybridized carbons (Fsp3) is 0.308. The van der Waals surface area contributed by atoms with Gasteiger partial charge in [-0.05, 0) is 66.0 Å². The number of hydrogen-bond donors (Lipinski definition) is 0. The summed E-state index contributed by atoms with van der Waals surface area (Å²) in [5.74, 6) is 0. The SMILES string of the molecule is Cc1cc(-c2ccc(C#N)cc2)cc([C@H](O[Si](C)(C)C(C)(C)C)c2ccccc2)n1. The van der Waals surface area contributed by atoms with Gasteiger partial charge in [-0.3, -0.25) is 4.98 Å². The van der Waals surface area contributed by atoms with Crippen molar-refractivity contribution in [2.75, 3.05) is 0 Å². The van der Waals surface area contributed by atoms with E-state index in [1.807, 2.05) is 37.3 Å². The zero-order chi connectivity index (χ0) is 21.9. The lowest BCUT2D eigenvalue weighted by molar-refractivity contribution is 0.217. The summed E-state index contributed by atoms with van der Waals surface area (Å²) in [7, 11) is -2.04. The van der Waals surface area contributed by atoms with Gasteiger partial charge in [0.15, 0.2) is 8.32 Å². The Kier molecular flexibility index (Phi) is 6.26. The molecule has 0 unspecified atom stereocenters. The van der Waals surface area contributed by atoms with Crippen LogP contribution in [0.1, 0.15) is 49.4 Å². The average Bonchev–Trinajstić information content (AvgIpc) is 2.71. The van der Waals surface area contributed by atoms with Gasteiger partial charge in [0, 0.05) is 5.69 Å². The highest BCUT2D eigenvalue weighted by Gasteiger charge is 2.40. The topological polar surface area (TPSA) is 45.9 Å². The van der Waals surface area contributed by atoms with Gasteiger partial charge in [0.05, 0.1) is 17.3 Å². The van der Waals surface area contributed by atoms with Crippen molar-refractivity contribution in [3.63, 3.8) is 0 Å². The standard InChI is InChI=1S/C26H30N2OSi/c1-19-16-23(21-14-12-20(18-27)13-15-21)17-24(28-19)25(22-10-8-7-9-11-22)29-30(5,6)26(2,3)4/h7-17,25H,1-6H3/t25-/m1/s1. The molecule has 1 heterocycles. The van der Waals surface area contributed by atoms with E-state index in [4.69, 9.17) is 14.7 Å². The third-order valence-corrected chi connectivity index (χ3v) is 10.3. The van der Waals surface area contributed by atoms with Crippen molar-refractivity contribution in [2.45, 2.75) is 51.9 Å². The quantitative estimate of drug-likeness (QED) is 0.421. The number of rotatable bonds is 5. The van der Waals surface area contributed by atoms with Crippen molar-refractivity contribution in [1.82, 2.24) is 4.98 Å². The van der Waals surface area contributed by atoms with Gasteiger partial charge in [-0.1, -0.05) is 63.2 Å². The molecule has 3 rings (SSSR count). The molecule has 0 fully saturated rings. The first-order chi connectivity index (χ1) is 14.1. The lowest BCUT2D eigenvalue weighted by Crippen LogP contribution is -2.42. The molecular formula is C26H30N2OSi. The summed E-state index contributed by atoms with van der Waals surface area (Å²) in [4.78, 5) is 4.88. The molecule has 0 amide bonds. The molecule has 0 saturated carbocycles. The van der Waals surface area contributed by atoms with Crippen LogP contribution < -0.4 is 0 Å². The fourth-order valence-corrected chi connectivity index (χ4v) is 4.33. The molecule has 1 aromatic heterocycles. The summed E-state index contributed by atoms with van der Waals surface area (Å²) in [5, 5.41) is 9.18. The molecule has 4 heteroatoms. The summed E-state index contributed by atoms with van der Waals surface area (Å²) < 4.78 is 6.89. The Morgan fingerprint density at radius 1 is 0.933 bits per heavy atom. The second-order valence-electron chi connectivity index (χ2n) is 9.28. The molecule has 3 aromatic rings. The smallest absolute Gasteiger partial charge is 0.193 e. The molecule has 154 valence electrons. The summed E-state index contributed by atoms with van der Waals surface area (Å²) >= 11 is 0. The minimum atomic E-state index is -2.04. The maximum absolute atomic E-state index is 9.09. The molecule has 0 spiro atoms. The van der Waals surface area contributed by atoms with Crippen molar-refractivity contribution in [3.05, 3.63) is 89.2 Å². The van der Waals surface area contributed by atoms with E-state index in [1.165, 1.54) is 0 Å². The van der Waals surface area contributed by atoms with Crippen molar-refractivity contribution in [2.24, 2.45) is 0 Å². The molecule has 0 aliphatic heterocycles. The van der Waals surface area contributed by atoms with E-state index in [2.05, 4.69) is 76.3 Å². The Morgan fingerprint density at radius 3 is 2.13 bits per heavy atom. The molecule has 0 aliphatic rings. The van der Waals surface area contributed by atoms with Crippen LogP contribution in [0.5, 0.6) is 0 Å². The molecule has 0 radical (unpaired) electrons. The van der Waals surface area contributed by atoms with Gasteiger partial charge in [-0.15, -0.1) is 0 Å². The van der Waals surface area contributed by atoms with Crippen LogP contribution in [0.4, 0.5) is 0 Å². The summed E-state index contributed by atoms with van der Waals surface area (Å²) in [6, 6.07) is 24.4. The number of aryl methyl sites for hydroxylation is 1. The minimum absolute atomic E-state index is 0.0970.